The third-order valence-electron chi connectivity index (χ3n) is 4.96. The van der Waals surface area contributed by atoms with Crippen LogP contribution in [0.1, 0.15) is 39.0 Å². The Labute approximate surface area is 143 Å². The molecule has 0 radical (unpaired) electrons. The van der Waals surface area contributed by atoms with Crippen molar-refractivity contribution in [2.75, 3.05) is 31.5 Å². The molecule has 1 atom stereocenters. The molecule has 2 aliphatic rings. The van der Waals surface area contributed by atoms with Gasteiger partial charge in [-0.15, -0.1) is 0 Å². The van der Waals surface area contributed by atoms with Crippen LogP contribution in [0.4, 0.5) is 5.69 Å². The lowest BCUT2D eigenvalue weighted by Crippen LogP contribution is -2.42. The Hall–Kier alpha value is -1.89. The van der Waals surface area contributed by atoms with Gasteiger partial charge in [-0.1, -0.05) is 6.42 Å². The summed E-state index contributed by atoms with van der Waals surface area (Å²) < 4.78 is 1.60. The SMILES string of the molecule is C[C@@H]1CCCCN1CC(=O)Nc1cnn(CC(=O)N2CCCC2)c1. The zero-order chi connectivity index (χ0) is 16.9. The molecule has 24 heavy (non-hydrogen) atoms. The van der Waals surface area contributed by atoms with Crippen molar-refractivity contribution in [1.82, 2.24) is 19.6 Å². The molecule has 0 unspecified atom stereocenters. The van der Waals surface area contributed by atoms with Crippen LogP contribution in [0.3, 0.4) is 0 Å². The predicted octanol–water partition coefficient (Wildman–Crippen LogP) is 1.32. The van der Waals surface area contributed by atoms with Crippen LogP contribution in [0.15, 0.2) is 12.4 Å². The highest BCUT2D eigenvalue weighted by atomic mass is 16.2. The number of nitrogens with zero attached hydrogens (tertiary/aromatic N) is 4. The van der Waals surface area contributed by atoms with Crippen LogP contribution in [0.5, 0.6) is 0 Å². The molecular formula is C17H27N5O2. The van der Waals surface area contributed by atoms with Gasteiger partial charge in [0.2, 0.25) is 11.8 Å². The van der Waals surface area contributed by atoms with Crippen LogP contribution in [-0.4, -0.2) is 63.6 Å². The Morgan fingerprint density at radius 3 is 2.67 bits per heavy atom. The first kappa shape index (κ1) is 17.0. The molecule has 0 aliphatic carbocycles. The van der Waals surface area contributed by atoms with Gasteiger partial charge < -0.3 is 10.2 Å². The van der Waals surface area contributed by atoms with E-state index in [1.807, 2.05) is 4.90 Å². The molecule has 1 aromatic rings. The fraction of sp³-hybridized carbons (Fsp3) is 0.706. The van der Waals surface area contributed by atoms with Crippen LogP contribution in [0.25, 0.3) is 0 Å². The third-order valence-corrected chi connectivity index (χ3v) is 4.96. The van der Waals surface area contributed by atoms with Crippen molar-refractivity contribution in [3.05, 3.63) is 12.4 Å². The van der Waals surface area contributed by atoms with Crippen LogP contribution in [0.2, 0.25) is 0 Å². The minimum Gasteiger partial charge on any atom is -0.341 e. The average molecular weight is 333 g/mol. The van der Waals surface area contributed by atoms with Crippen LogP contribution < -0.4 is 5.32 Å². The van der Waals surface area contributed by atoms with Crippen molar-refractivity contribution < 1.29 is 9.59 Å². The molecule has 2 aliphatic heterocycles. The molecule has 0 spiro atoms. The van der Waals surface area contributed by atoms with Gasteiger partial charge in [0.05, 0.1) is 18.4 Å². The molecule has 1 aromatic heterocycles. The van der Waals surface area contributed by atoms with E-state index >= 15 is 0 Å². The van der Waals surface area contributed by atoms with Gasteiger partial charge in [-0.3, -0.25) is 19.2 Å². The number of hydrogen-bond donors (Lipinski definition) is 1. The molecule has 0 aromatic carbocycles. The maximum Gasteiger partial charge on any atom is 0.244 e. The fourth-order valence-corrected chi connectivity index (χ4v) is 3.50. The first-order valence-electron chi connectivity index (χ1n) is 8.96. The van der Waals surface area contributed by atoms with Crippen molar-refractivity contribution in [1.29, 1.82) is 0 Å². The number of likely N-dealkylation sites (tertiary alicyclic amines) is 2. The monoisotopic (exact) mass is 333 g/mol. The normalized spacial score (nSPS) is 21.9. The fourth-order valence-electron chi connectivity index (χ4n) is 3.50. The first-order valence-corrected chi connectivity index (χ1v) is 8.96. The van der Waals surface area contributed by atoms with E-state index < -0.39 is 0 Å². The summed E-state index contributed by atoms with van der Waals surface area (Å²) in [6.45, 7) is 5.50. The molecular weight excluding hydrogens is 306 g/mol. The van der Waals surface area contributed by atoms with E-state index in [-0.39, 0.29) is 18.4 Å². The molecule has 3 rings (SSSR count). The average Bonchev–Trinajstić information content (AvgIpc) is 3.21. The van der Waals surface area contributed by atoms with Crippen molar-refractivity contribution in [3.63, 3.8) is 0 Å². The number of piperidine rings is 1. The lowest BCUT2D eigenvalue weighted by atomic mass is 10.0. The lowest BCUT2D eigenvalue weighted by Gasteiger charge is -2.32. The maximum atomic E-state index is 12.2. The van der Waals surface area contributed by atoms with E-state index in [2.05, 4.69) is 22.2 Å². The topological polar surface area (TPSA) is 70.5 Å². The largest absolute Gasteiger partial charge is 0.341 e. The Morgan fingerprint density at radius 2 is 1.92 bits per heavy atom. The Morgan fingerprint density at radius 1 is 1.17 bits per heavy atom. The Kier molecular flexibility index (Phi) is 5.50. The third kappa shape index (κ3) is 4.35. The molecule has 0 saturated carbocycles. The predicted molar refractivity (Wildman–Crippen MR) is 91.6 cm³/mol. The van der Waals surface area contributed by atoms with E-state index in [0.29, 0.717) is 18.3 Å². The smallest absolute Gasteiger partial charge is 0.244 e. The zero-order valence-corrected chi connectivity index (χ0v) is 14.4. The summed E-state index contributed by atoms with van der Waals surface area (Å²) in [7, 11) is 0. The number of aromatic nitrogens is 2. The van der Waals surface area contributed by atoms with E-state index in [9.17, 15) is 9.59 Å². The van der Waals surface area contributed by atoms with Gasteiger partial charge in [-0.05, 0) is 39.2 Å². The first-order chi connectivity index (χ1) is 11.6. The van der Waals surface area contributed by atoms with Crippen LogP contribution in [0, 0.1) is 0 Å². The number of amides is 2. The van der Waals surface area contributed by atoms with Gasteiger partial charge in [-0.2, -0.15) is 5.10 Å². The summed E-state index contributed by atoms with van der Waals surface area (Å²) in [5.74, 6) is 0.0739. The van der Waals surface area contributed by atoms with Crippen molar-refractivity contribution in [2.24, 2.45) is 0 Å². The van der Waals surface area contributed by atoms with Crippen molar-refractivity contribution in [2.45, 2.75) is 51.6 Å². The van der Waals surface area contributed by atoms with Crippen LogP contribution >= 0.6 is 0 Å². The second-order valence-corrected chi connectivity index (χ2v) is 6.88. The summed E-state index contributed by atoms with van der Waals surface area (Å²) in [6.07, 6.45) is 9.07. The van der Waals surface area contributed by atoms with E-state index in [1.165, 1.54) is 6.42 Å². The second-order valence-electron chi connectivity index (χ2n) is 6.88. The van der Waals surface area contributed by atoms with Gasteiger partial charge in [0.15, 0.2) is 0 Å². The number of anilines is 1. The standard InChI is InChI=1S/C17H27N5O2/c1-14-6-2-3-9-21(14)12-16(23)19-15-10-18-22(11-15)13-17(24)20-7-4-5-8-20/h10-11,14H,2-9,12-13H2,1H3,(H,19,23)/t14-/m1/s1. The summed E-state index contributed by atoms with van der Waals surface area (Å²) in [5, 5.41) is 7.07. The molecule has 2 amide bonds. The number of carbonyl (C=O) groups excluding carboxylic acids is 2. The van der Waals surface area contributed by atoms with Crippen molar-refractivity contribution in [3.8, 4) is 0 Å². The molecule has 1 N–H and O–H groups in total. The summed E-state index contributed by atoms with van der Waals surface area (Å²) >= 11 is 0. The lowest BCUT2D eigenvalue weighted by molar-refractivity contribution is -0.130. The molecule has 2 saturated heterocycles. The van der Waals surface area contributed by atoms with E-state index in [1.54, 1.807) is 17.1 Å². The molecule has 3 heterocycles. The highest BCUT2D eigenvalue weighted by molar-refractivity contribution is 5.92. The Balaban J connectivity index is 1.48. The van der Waals surface area contributed by atoms with Gasteiger partial charge in [-0.25, -0.2) is 0 Å². The summed E-state index contributed by atoms with van der Waals surface area (Å²) in [5.41, 5.74) is 0.652. The number of hydrogen-bond acceptors (Lipinski definition) is 4. The number of nitrogens with one attached hydrogen (secondary N) is 1. The summed E-state index contributed by atoms with van der Waals surface area (Å²) in [4.78, 5) is 28.4. The molecule has 2 fully saturated rings. The summed E-state index contributed by atoms with van der Waals surface area (Å²) in [6, 6.07) is 0.463. The molecule has 7 heteroatoms. The highest BCUT2D eigenvalue weighted by Gasteiger charge is 2.21. The molecule has 7 nitrogen and oxygen atoms in total. The second kappa shape index (κ2) is 7.79. The molecule has 0 bridgehead atoms. The van der Waals surface area contributed by atoms with E-state index in [4.69, 9.17) is 0 Å². The Bertz CT molecular complexity index is 579. The minimum absolute atomic E-state index is 0.0193. The quantitative estimate of drug-likeness (QED) is 0.882. The zero-order valence-electron chi connectivity index (χ0n) is 14.4. The van der Waals surface area contributed by atoms with E-state index in [0.717, 1.165) is 45.3 Å². The molecule has 132 valence electrons. The maximum absolute atomic E-state index is 12.2. The van der Waals surface area contributed by atoms with Gasteiger partial charge in [0.1, 0.15) is 6.54 Å². The highest BCUT2D eigenvalue weighted by Crippen LogP contribution is 2.16. The van der Waals surface area contributed by atoms with Gasteiger partial charge >= 0.3 is 0 Å². The van der Waals surface area contributed by atoms with Gasteiger partial charge in [0, 0.05) is 25.3 Å². The minimum atomic E-state index is -0.0193. The van der Waals surface area contributed by atoms with Gasteiger partial charge in [0.25, 0.3) is 0 Å². The van der Waals surface area contributed by atoms with Crippen LogP contribution in [-0.2, 0) is 16.1 Å². The van der Waals surface area contributed by atoms with Crippen molar-refractivity contribution >= 4 is 17.5 Å². The number of carbonyl (C=O) groups is 2. The number of rotatable bonds is 5.